The highest BCUT2D eigenvalue weighted by molar-refractivity contribution is 4.91. The van der Waals surface area contributed by atoms with Crippen LogP contribution in [0.5, 0.6) is 0 Å². The number of nitrogens with one attached hydrogen (secondary N) is 1. The minimum atomic E-state index is 0.547. The van der Waals surface area contributed by atoms with E-state index in [1.807, 2.05) is 0 Å². The molecule has 62 valence electrons. The molecule has 2 saturated carbocycles. The standard InChI is InChI=1S/C9H15NO/c1-6-2-8-3-7(1)5-9(4-6)11-10-8/h6-10H,1-5H2/t6-,7+,8?,9?. The molecule has 2 nitrogen and oxygen atoms in total. The summed E-state index contributed by atoms with van der Waals surface area (Å²) in [4.78, 5) is 5.58. The average molecular weight is 153 g/mol. The van der Waals surface area contributed by atoms with E-state index in [0.717, 1.165) is 11.8 Å². The predicted octanol–water partition coefficient (Wildman–Crippen LogP) is 1.47. The third-order valence-electron chi connectivity index (χ3n) is 3.50. The van der Waals surface area contributed by atoms with Crippen LogP contribution in [0.4, 0.5) is 0 Å². The van der Waals surface area contributed by atoms with Gasteiger partial charge in [-0.15, -0.1) is 0 Å². The molecule has 4 rings (SSSR count). The van der Waals surface area contributed by atoms with Crippen molar-refractivity contribution in [2.75, 3.05) is 0 Å². The monoisotopic (exact) mass is 153 g/mol. The molecule has 0 spiro atoms. The summed E-state index contributed by atoms with van der Waals surface area (Å²) < 4.78 is 0. The zero-order valence-corrected chi connectivity index (χ0v) is 6.75. The molecule has 11 heavy (non-hydrogen) atoms. The fourth-order valence-corrected chi connectivity index (χ4v) is 3.17. The van der Waals surface area contributed by atoms with Gasteiger partial charge in [0, 0.05) is 6.04 Å². The van der Waals surface area contributed by atoms with E-state index in [-0.39, 0.29) is 0 Å². The smallest absolute Gasteiger partial charge is 0.0795 e. The molecule has 4 aliphatic rings. The van der Waals surface area contributed by atoms with Crippen LogP contribution in [0.3, 0.4) is 0 Å². The molecule has 0 aromatic carbocycles. The Morgan fingerprint density at radius 2 is 1.64 bits per heavy atom. The highest BCUT2D eigenvalue weighted by atomic mass is 16.7. The van der Waals surface area contributed by atoms with Crippen LogP contribution in [0.1, 0.15) is 32.1 Å². The van der Waals surface area contributed by atoms with Gasteiger partial charge in [-0.2, -0.15) is 5.48 Å². The number of rotatable bonds is 0. The Labute approximate surface area is 67.3 Å². The van der Waals surface area contributed by atoms with Crippen molar-refractivity contribution >= 4 is 0 Å². The van der Waals surface area contributed by atoms with Crippen molar-refractivity contribution in [3.63, 3.8) is 0 Å². The first-order valence-electron chi connectivity index (χ1n) is 4.81. The first kappa shape index (κ1) is 6.44. The van der Waals surface area contributed by atoms with Crippen molar-refractivity contribution < 1.29 is 4.84 Å². The Morgan fingerprint density at radius 3 is 2.36 bits per heavy atom. The summed E-state index contributed by atoms with van der Waals surface area (Å²) in [6.45, 7) is 0. The molecule has 2 saturated heterocycles. The van der Waals surface area contributed by atoms with Crippen LogP contribution >= 0.6 is 0 Å². The molecule has 2 aliphatic carbocycles. The van der Waals surface area contributed by atoms with Gasteiger partial charge < -0.3 is 0 Å². The molecule has 0 radical (unpaired) electrons. The van der Waals surface area contributed by atoms with E-state index in [9.17, 15) is 0 Å². The molecule has 4 fully saturated rings. The Bertz CT molecular complexity index is 137. The highest BCUT2D eigenvalue weighted by Crippen LogP contribution is 2.42. The van der Waals surface area contributed by atoms with Gasteiger partial charge in [-0.3, -0.25) is 4.84 Å². The zero-order valence-electron chi connectivity index (χ0n) is 6.75. The van der Waals surface area contributed by atoms with Crippen molar-refractivity contribution in [1.29, 1.82) is 0 Å². The fraction of sp³-hybridized carbons (Fsp3) is 1.00. The molecule has 0 amide bonds. The van der Waals surface area contributed by atoms with Gasteiger partial charge in [0.05, 0.1) is 6.10 Å². The van der Waals surface area contributed by atoms with Gasteiger partial charge >= 0.3 is 0 Å². The molecule has 2 heterocycles. The van der Waals surface area contributed by atoms with Crippen LogP contribution < -0.4 is 5.48 Å². The average Bonchev–Trinajstić information content (AvgIpc) is 2.18. The Hall–Kier alpha value is -0.0800. The lowest BCUT2D eigenvalue weighted by Crippen LogP contribution is -2.33. The second-order valence-corrected chi connectivity index (χ2v) is 4.47. The van der Waals surface area contributed by atoms with Crippen molar-refractivity contribution in [2.24, 2.45) is 11.8 Å². The molecule has 0 aromatic rings. The lowest BCUT2D eigenvalue weighted by atomic mass is 9.70. The van der Waals surface area contributed by atoms with E-state index in [4.69, 9.17) is 4.84 Å². The van der Waals surface area contributed by atoms with Gasteiger partial charge in [0.2, 0.25) is 0 Å². The molecule has 2 heteroatoms. The highest BCUT2D eigenvalue weighted by Gasteiger charge is 2.39. The second-order valence-electron chi connectivity index (χ2n) is 4.47. The summed E-state index contributed by atoms with van der Waals surface area (Å²) in [7, 11) is 0. The van der Waals surface area contributed by atoms with Crippen molar-refractivity contribution in [3.05, 3.63) is 0 Å². The second kappa shape index (κ2) is 2.20. The summed E-state index contributed by atoms with van der Waals surface area (Å²) in [5, 5.41) is 0. The number of fused-ring (bicyclic) bond motifs is 1. The van der Waals surface area contributed by atoms with Gasteiger partial charge in [0.25, 0.3) is 0 Å². The Kier molecular flexibility index (Phi) is 1.29. The quantitative estimate of drug-likeness (QED) is 0.569. The van der Waals surface area contributed by atoms with Crippen molar-refractivity contribution in [2.45, 2.75) is 44.2 Å². The summed E-state index contributed by atoms with van der Waals surface area (Å²) >= 11 is 0. The lowest BCUT2D eigenvalue weighted by molar-refractivity contribution is -0.0333. The Morgan fingerprint density at radius 1 is 0.909 bits per heavy atom. The van der Waals surface area contributed by atoms with E-state index in [1.165, 1.54) is 32.1 Å². The first-order chi connectivity index (χ1) is 5.40. The van der Waals surface area contributed by atoms with Crippen LogP contribution in [-0.2, 0) is 4.84 Å². The van der Waals surface area contributed by atoms with Gasteiger partial charge in [-0.25, -0.2) is 0 Å². The maximum atomic E-state index is 5.58. The fourth-order valence-electron chi connectivity index (χ4n) is 3.17. The molecule has 4 bridgehead atoms. The number of hydrogen-bond donors (Lipinski definition) is 1. The summed E-state index contributed by atoms with van der Waals surface area (Å²) in [6.07, 6.45) is 7.41. The van der Waals surface area contributed by atoms with E-state index in [1.54, 1.807) is 0 Å². The van der Waals surface area contributed by atoms with Crippen LogP contribution in [0.2, 0.25) is 0 Å². The van der Waals surface area contributed by atoms with E-state index < -0.39 is 0 Å². The van der Waals surface area contributed by atoms with Crippen LogP contribution in [0, 0.1) is 11.8 Å². The van der Waals surface area contributed by atoms with E-state index in [2.05, 4.69) is 5.48 Å². The predicted molar refractivity (Wildman–Crippen MR) is 41.9 cm³/mol. The maximum absolute atomic E-state index is 5.58. The number of hydrogen-bond acceptors (Lipinski definition) is 2. The molecular weight excluding hydrogens is 138 g/mol. The maximum Gasteiger partial charge on any atom is 0.0795 e. The molecule has 2 unspecified atom stereocenters. The zero-order chi connectivity index (χ0) is 7.26. The van der Waals surface area contributed by atoms with Crippen molar-refractivity contribution in [3.8, 4) is 0 Å². The number of hydroxylamine groups is 1. The van der Waals surface area contributed by atoms with Gasteiger partial charge in [-0.05, 0) is 43.9 Å². The van der Waals surface area contributed by atoms with E-state index >= 15 is 0 Å². The van der Waals surface area contributed by atoms with Gasteiger partial charge in [0.15, 0.2) is 0 Å². The van der Waals surface area contributed by atoms with Gasteiger partial charge in [0.1, 0.15) is 0 Å². The topological polar surface area (TPSA) is 21.3 Å². The van der Waals surface area contributed by atoms with Gasteiger partial charge in [-0.1, -0.05) is 0 Å². The first-order valence-corrected chi connectivity index (χ1v) is 4.81. The van der Waals surface area contributed by atoms with Crippen LogP contribution in [0.15, 0.2) is 0 Å². The summed E-state index contributed by atoms with van der Waals surface area (Å²) in [5.41, 5.74) is 3.20. The Balaban J connectivity index is 1.90. The minimum Gasteiger partial charge on any atom is -0.298 e. The third-order valence-corrected chi connectivity index (χ3v) is 3.50. The molecule has 4 atom stereocenters. The van der Waals surface area contributed by atoms with E-state index in [0.29, 0.717) is 12.1 Å². The molecular formula is C9H15NO. The molecule has 1 N–H and O–H groups in total. The summed E-state index contributed by atoms with van der Waals surface area (Å²) in [6, 6.07) is 0.686. The van der Waals surface area contributed by atoms with Crippen LogP contribution in [0.25, 0.3) is 0 Å². The normalized spacial score (nSPS) is 54.5. The largest absolute Gasteiger partial charge is 0.298 e. The molecule has 0 aromatic heterocycles. The molecule has 2 aliphatic heterocycles. The summed E-state index contributed by atoms with van der Waals surface area (Å²) in [5.74, 6) is 1.96. The lowest BCUT2D eigenvalue weighted by Gasteiger charge is -2.36. The van der Waals surface area contributed by atoms with Crippen LogP contribution in [-0.4, -0.2) is 12.1 Å². The SMILES string of the molecule is C1C2C[C@H]3CC(C[C@@H]1C3)ON2. The minimum absolute atomic E-state index is 0.547. The van der Waals surface area contributed by atoms with Crippen molar-refractivity contribution in [1.82, 2.24) is 5.48 Å². The third kappa shape index (κ3) is 1.00.